The van der Waals surface area contributed by atoms with Crippen molar-refractivity contribution in [2.24, 2.45) is 0 Å². The molecule has 1 amide bonds. The molecule has 0 saturated carbocycles. The van der Waals surface area contributed by atoms with E-state index in [1.54, 1.807) is 36.4 Å². The fourth-order valence-electron chi connectivity index (χ4n) is 5.19. The van der Waals surface area contributed by atoms with Gasteiger partial charge in [-0.2, -0.15) is 0 Å². The van der Waals surface area contributed by atoms with Crippen LogP contribution in [0.25, 0.3) is 0 Å². The van der Waals surface area contributed by atoms with E-state index in [-0.39, 0.29) is 17.7 Å². The van der Waals surface area contributed by atoms with Gasteiger partial charge in [-0.05, 0) is 42.6 Å². The predicted octanol–water partition coefficient (Wildman–Crippen LogP) is 5.94. The first-order valence-electron chi connectivity index (χ1n) is 13.0. The topological polar surface area (TPSA) is 49.4 Å². The first kappa shape index (κ1) is 24.7. The van der Waals surface area contributed by atoms with Crippen LogP contribution < -0.4 is 5.32 Å². The van der Waals surface area contributed by atoms with Crippen LogP contribution in [0.15, 0.2) is 115 Å². The average Bonchev–Trinajstić information content (AvgIpc) is 3.41. The van der Waals surface area contributed by atoms with Crippen molar-refractivity contribution in [1.82, 2.24) is 10.2 Å². The Labute approximate surface area is 219 Å². The van der Waals surface area contributed by atoms with E-state index in [0.717, 1.165) is 32.5 Å². The molecule has 1 fully saturated rings. The van der Waals surface area contributed by atoms with Crippen molar-refractivity contribution >= 4 is 11.7 Å². The van der Waals surface area contributed by atoms with Gasteiger partial charge in [0.15, 0.2) is 5.78 Å². The molecule has 4 aromatic carbocycles. The summed E-state index contributed by atoms with van der Waals surface area (Å²) in [6.07, 6.45) is 1.95. The third-order valence-corrected chi connectivity index (χ3v) is 7.17. The summed E-state index contributed by atoms with van der Waals surface area (Å²) in [6.45, 7) is 2.78. The van der Waals surface area contributed by atoms with Gasteiger partial charge in [0, 0.05) is 41.7 Å². The highest BCUT2D eigenvalue weighted by molar-refractivity contribution is 6.10. The fourth-order valence-corrected chi connectivity index (χ4v) is 5.19. The number of nitrogens with one attached hydrogen (secondary N) is 1. The van der Waals surface area contributed by atoms with E-state index in [1.807, 2.05) is 18.2 Å². The molecule has 0 aliphatic carbocycles. The third kappa shape index (κ3) is 6.22. The zero-order chi connectivity index (χ0) is 25.5. The lowest BCUT2D eigenvalue weighted by Gasteiger charge is -2.22. The maximum absolute atomic E-state index is 13.0. The first-order valence-corrected chi connectivity index (χ1v) is 13.0. The monoisotopic (exact) mass is 488 g/mol. The number of hydrogen-bond acceptors (Lipinski definition) is 3. The second kappa shape index (κ2) is 11.8. The normalized spacial score (nSPS) is 15.5. The highest BCUT2D eigenvalue weighted by Gasteiger charge is 2.25. The van der Waals surface area contributed by atoms with Gasteiger partial charge in [0.1, 0.15) is 0 Å². The quantitative estimate of drug-likeness (QED) is 0.297. The van der Waals surface area contributed by atoms with Crippen molar-refractivity contribution in [3.63, 3.8) is 0 Å². The third-order valence-electron chi connectivity index (χ3n) is 7.17. The second-order valence-corrected chi connectivity index (χ2v) is 9.70. The van der Waals surface area contributed by atoms with Crippen LogP contribution in [0.4, 0.5) is 0 Å². The second-order valence-electron chi connectivity index (χ2n) is 9.70. The Hall–Kier alpha value is -4.02. The molecule has 4 nitrogen and oxygen atoms in total. The molecule has 1 unspecified atom stereocenters. The molecule has 0 bridgehead atoms. The molecule has 0 radical (unpaired) electrons. The van der Waals surface area contributed by atoms with Gasteiger partial charge in [0.25, 0.3) is 5.91 Å². The van der Waals surface area contributed by atoms with Crippen LogP contribution in [0.3, 0.4) is 0 Å². The van der Waals surface area contributed by atoms with Gasteiger partial charge >= 0.3 is 0 Å². The minimum absolute atomic E-state index is 0.0753. The molecular weight excluding hydrogens is 456 g/mol. The summed E-state index contributed by atoms with van der Waals surface area (Å²) in [6, 6.07) is 37.7. The Morgan fingerprint density at radius 1 is 0.730 bits per heavy atom. The molecule has 1 atom stereocenters. The molecule has 1 aliphatic heterocycles. The molecule has 1 heterocycles. The first-order chi connectivity index (χ1) is 18.2. The van der Waals surface area contributed by atoms with Crippen molar-refractivity contribution in [2.45, 2.75) is 24.8 Å². The van der Waals surface area contributed by atoms with Gasteiger partial charge in [-0.15, -0.1) is 0 Å². The van der Waals surface area contributed by atoms with Gasteiger partial charge in [-0.1, -0.05) is 103 Å². The molecule has 4 heteroatoms. The highest BCUT2D eigenvalue weighted by Crippen LogP contribution is 2.28. The molecule has 1 aliphatic rings. The Balaban J connectivity index is 1.18. The number of ketones is 1. The van der Waals surface area contributed by atoms with Crippen LogP contribution in [0, 0.1) is 0 Å². The lowest BCUT2D eigenvalue weighted by atomic mass is 9.88. The minimum Gasteiger partial charge on any atom is -0.348 e. The fraction of sp³-hybridized carbons (Fsp3) is 0.212. The van der Waals surface area contributed by atoms with Crippen LogP contribution in [-0.4, -0.2) is 42.3 Å². The van der Waals surface area contributed by atoms with Crippen molar-refractivity contribution in [1.29, 1.82) is 0 Å². The zero-order valence-corrected chi connectivity index (χ0v) is 20.9. The Bertz CT molecular complexity index is 1280. The summed E-state index contributed by atoms with van der Waals surface area (Å²) in [5.41, 5.74) is 4.34. The van der Waals surface area contributed by atoms with E-state index in [4.69, 9.17) is 0 Å². The zero-order valence-electron chi connectivity index (χ0n) is 20.9. The lowest BCUT2D eigenvalue weighted by molar-refractivity contribution is 0.0937. The number of nitrogens with zero attached hydrogens (tertiary/aromatic N) is 1. The summed E-state index contributed by atoms with van der Waals surface area (Å²) in [4.78, 5) is 28.3. The van der Waals surface area contributed by atoms with E-state index in [1.165, 1.54) is 11.1 Å². The SMILES string of the molecule is O=C(NC1CCN(CCC(c2ccccc2)c2ccccc2)C1)c1cccc(C(=O)c2ccccc2)c1. The molecule has 1 saturated heterocycles. The molecular formula is C33H32N2O2. The maximum atomic E-state index is 13.0. The average molecular weight is 489 g/mol. The Morgan fingerprint density at radius 2 is 1.30 bits per heavy atom. The van der Waals surface area contributed by atoms with Gasteiger partial charge < -0.3 is 10.2 Å². The van der Waals surface area contributed by atoms with Crippen LogP contribution in [-0.2, 0) is 0 Å². The summed E-state index contributed by atoms with van der Waals surface area (Å²) >= 11 is 0. The van der Waals surface area contributed by atoms with E-state index in [9.17, 15) is 9.59 Å². The smallest absolute Gasteiger partial charge is 0.251 e. The summed E-state index contributed by atoms with van der Waals surface area (Å²) in [5, 5.41) is 3.19. The molecule has 0 aromatic heterocycles. The maximum Gasteiger partial charge on any atom is 0.251 e. The summed E-state index contributed by atoms with van der Waals surface area (Å²) in [7, 11) is 0. The predicted molar refractivity (Wildman–Crippen MR) is 148 cm³/mol. The lowest BCUT2D eigenvalue weighted by Crippen LogP contribution is -2.37. The molecule has 186 valence electrons. The standard InChI is InChI=1S/C33H32N2O2/c36-32(27-15-8-3-9-16-27)28-17-10-18-29(23-28)33(37)34-30-19-21-35(24-30)22-20-31(25-11-4-1-5-12-25)26-13-6-2-7-14-26/h1-18,23,30-31H,19-22,24H2,(H,34,37). The van der Waals surface area contributed by atoms with Crippen molar-refractivity contribution in [3.8, 4) is 0 Å². The number of carbonyl (C=O) groups excluding carboxylic acids is 2. The van der Waals surface area contributed by atoms with Crippen LogP contribution in [0.5, 0.6) is 0 Å². The van der Waals surface area contributed by atoms with Gasteiger partial charge in [-0.3, -0.25) is 9.59 Å². The number of rotatable bonds is 9. The summed E-state index contributed by atoms with van der Waals surface area (Å²) < 4.78 is 0. The van der Waals surface area contributed by atoms with Crippen LogP contribution in [0.2, 0.25) is 0 Å². The molecule has 1 N–H and O–H groups in total. The van der Waals surface area contributed by atoms with E-state index < -0.39 is 0 Å². The van der Waals surface area contributed by atoms with Gasteiger partial charge in [-0.25, -0.2) is 0 Å². The van der Waals surface area contributed by atoms with Crippen molar-refractivity contribution < 1.29 is 9.59 Å². The minimum atomic E-state index is -0.124. The number of hydrogen-bond donors (Lipinski definition) is 1. The van der Waals surface area contributed by atoms with E-state index in [2.05, 4.69) is 70.9 Å². The Morgan fingerprint density at radius 3 is 1.95 bits per heavy atom. The number of benzene rings is 4. The number of carbonyl (C=O) groups is 2. The van der Waals surface area contributed by atoms with Gasteiger partial charge in [0.05, 0.1) is 0 Å². The van der Waals surface area contributed by atoms with E-state index >= 15 is 0 Å². The largest absolute Gasteiger partial charge is 0.348 e. The molecule has 0 spiro atoms. The highest BCUT2D eigenvalue weighted by atomic mass is 16.1. The molecule has 5 rings (SSSR count). The van der Waals surface area contributed by atoms with Crippen molar-refractivity contribution in [3.05, 3.63) is 143 Å². The Kier molecular flexibility index (Phi) is 7.87. The van der Waals surface area contributed by atoms with E-state index in [0.29, 0.717) is 22.6 Å². The number of amides is 1. The molecule has 37 heavy (non-hydrogen) atoms. The van der Waals surface area contributed by atoms with Crippen LogP contribution >= 0.6 is 0 Å². The van der Waals surface area contributed by atoms with Gasteiger partial charge in [0.2, 0.25) is 0 Å². The van der Waals surface area contributed by atoms with Crippen molar-refractivity contribution in [2.75, 3.05) is 19.6 Å². The van der Waals surface area contributed by atoms with Crippen LogP contribution in [0.1, 0.15) is 56.2 Å². The summed E-state index contributed by atoms with van der Waals surface area (Å²) in [5.74, 6) is 0.149. The molecule has 4 aromatic rings. The number of likely N-dealkylation sites (tertiary alicyclic amines) is 1.